The van der Waals surface area contributed by atoms with Crippen LogP contribution in [0.3, 0.4) is 0 Å². The average Bonchev–Trinajstić information content (AvgIpc) is 3.27. The van der Waals surface area contributed by atoms with Crippen LogP contribution in [0.25, 0.3) is 0 Å². The molecule has 0 saturated heterocycles. The third-order valence-corrected chi connectivity index (χ3v) is 4.20. The Morgan fingerprint density at radius 3 is 2.83 bits per heavy atom. The summed E-state index contributed by atoms with van der Waals surface area (Å²) in [5.41, 5.74) is 3.78. The molecular formula is C23H27N3O2S. The Morgan fingerprint density at radius 1 is 1.31 bits per heavy atom. The number of hydrogen-bond acceptors (Lipinski definition) is 5. The molecule has 0 aliphatic carbocycles. The van der Waals surface area contributed by atoms with E-state index in [1.54, 1.807) is 0 Å². The fourth-order valence-corrected chi connectivity index (χ4v) is 2.72. The highest BCUT2D eigenvalue weighted by atomic mass is 32.1. The summed E-state index contributed by atoms with van der Waals surface area (Å²) in [6, 6.07) is -4.46. The Bertz CT molecular complexity index is 1500. The number of nitrogens with one attached hydrogen (secondary N) is 1. The highest BCUT2D eigenvalue weighted by molar-refractivity contribution is 7.13. The number of benzene rings is 2. The topological polar surface area (TPSA) is 88.2 Å². The SMILES string of the molecule is [2H]c1sc(N)nc1C([2H])([2H])C(=O)Nc1c([2H])c([2H])c(CCCC([2H])([2H])[C@H](O)c2c([2H])c([2H])c([2H])c(C)c2[2H])c([2H])c1[2H]. The Hall–Kier alpha value is -2.70. The van der Waals surface area contributed by atoms with Crippen LogP contribution < -0.4 is 11.1 Å². The summed E-state index contributed by atoms with van der Waals surface area (Å²) >= 11 is 0.648. The number of nitrogen functional groups attached to an aromatic ring is 1. The third kappa shape index (κ3) is 6.69. The van der Waals surface area contributed by atoms with Gasteiger partial charge in [0.25, 0.3) is 0 Å². The number of amides is 1. The van der Waals surface area contributed by atoms with Gasteiger partial charge in [-0.15, -0.1) is 11.3 Å². The number of aliphatic hydroxyl groups is 1. The minimum absolute atomic E-state index is 0.0144. The molecule has 1 atom stereocenters. The molecule has 0 saturated carbocycles. The van der Waals surface area contributed by atoms with E-state index < -0.39 is 95.8 Å². The van der Waals surface area contributed by atoms with Crippen LogP contribution in [0.15, 0.2) is 53.7 Å². The van der Waals surface area contributed by atoms with E-state index in [0.29, 0.717) is 11.3 Å². The summed E-state index contributed by atoms with van der Waals surface area (Å²) in [5, 5.41) is 12.3. The molecule has 1 amide bonds. The van der Waals surface area contributed by atoms with E-state index >= 15 is 0 Å². The van der Waals surface area contributed by atoms with Crippen molar-refractivity contribution in [1.82, 2.24) is 4.98 Å². The van der Waals surface area contributed by atoms with Gasteiger partial charge < -0.3 is 16.2 Å². The summed E-state index contributed by atoms with van der Waals surface area (Å²) < 4.78 is 106. The van der Waals surface area contributed by atoms with Crippen LogP contribution in [0, 0.1) is 6.92 Å². The molecule has 2 aromatic carbocycles. The van der Waals surface area contributed by atoms with E-state index in [1.165, 1.54) is 6.92 Å². The number of carbonyl (C=O) groups is 1. The van der Waals surface area contributed by atoms with Gasteiger partial charge in [0.1, 0.15) is 0 Å². The molecular weight excluding hydrogens is 382 g/mol. The maximum Gasteiger partial charge on any atom is 0.230 e. The zero-order valence-corrected chi connectivity index (χ0v) is 16.3. The van der Waals surface area contributed by atoms with Crippen molar-refractivity contribution >= 4 is 28.1 Å². The number of thiazole rings is 1. The minimum Gasteiger partial charge on any atom is -0.388 e. The second kappa shape index (κ2) is 10.2. The maximum atomic E-state index is 12.7. The van der Waals surface area contributed by atoms with Crippen molar-refractivity contribution in [1.29, 1.82) is 0 Å². The largest absolute Gasteiger partial charge is 0.388 e. The lowest BCUT2D eigenvalue weighted by molar-refractivity contribution is -0.115. The zero-order chi connectivity index (χ0) is 32.1. The lowest BCUT2D eigenvalue weighted by Gasteiger charge is -2.11. The molecule has 0 spiro atoms. The van der Waals surface area contributed by atoms with Gasteiger partial charge in [-0.3, -0.25) is 4.79 Å². The molecule has 6 heteroatoms. The van der Waals surface area contributed by atoms with Crippen molar-refractivity contribution in [2.24, 2.45) is 0 Å². The molecule has 3 aromatic rings. The number of aliphatic hydroxyl groups excluding tert-OH is 1. The molecule has 0 unspecified atom stereocenters. The van der Waals surface area contributed by atoms with Crippen molar-refractivity contribution < 1.29 is 27.7 Å². The van der Waals surface area contributed by atoms with E-state index in [9.17, 15) is 9.90 Å². The maximum absolute atomic E-state index is 12.7. The lowest BCUT2D eigenvalue weighted by atomic mass is 10.00. The van der Waals surface area contributed by atoms with Gasteiger partial charge in [-0.2, -0.15) is 0 Å². The molecule has 1 aromatic heterocycles. The second-order valence-corrected chi connectivity index (χ2v) is 6.76. The van der Waals surface area contributed by atoms with Gasteiger partial charge in [0.2, 0.25) is 5.91 Å². The van der Waals surface area contributed by atoms with Gasteiger partial charge in [0, 0.05) is 16.5 Å². The number of hydrogen-bond donors (Lipinski definition) is 3. The normalized spacial score (nSPS) is 19.3. The molecule has 0 aliphatic heterocycles. The summed E-state index contributed by atoms with van der Waals surface area (Å²) in [6.45, 7) is 1.36. The summed E-state index contributed by atoms with van der Waals surface area (Å²) in [7, 11) is 0. The van der Waals surface area contributed by atoms with Crippen molar-refractivity contribution in [3.63, 3.8) is 0 Å². The molecule has 0 bridgehead atoms. The Kier molecular flexibility index (Phi) is 3.47. The number of carbonyl (C=O) groups excluding carboxylic acids is 1. The van der Waals surface area contributed by atoms with Crippen LogP contribution in [-0.4, -0.2) is 16.0 Å². The van der Waals surface area contributed by atoms with E-state index in [-0.39, 0.29) is 35.1 Å². The van der Waals surface area contributed by atoms with E-state index in [4.69, 9.17) is 23.6 Å². The molecule has 1 heterocycles. The van der Waals surface area contributed by atoms with Crippen molar-refractivity contribution in [2.45, 2.75) is 45.0 Å². The first-order valence-electron chi connectivity index (χ1n) is 15.1. The van der Waals surface area contributed by atoms with E-state index in [0.717, 1.165) is 0 Å². The van der Waals surface area contributed by atoms with Crippen LogP contribution >= 0.6 is 11.3 Å². The summed E-state index contributed by atoms with van der Waals surface area (Å²) in [4.78, 5) is 16.4. The number of nitrogens with two attached hydrogens (primary N) is 1. The van der Waals surface area contributed by atoms with Crippen LogP contribution in [0.4, 0.5) is 10.8 Å². The third-order valence-electron chi connectivity index (χ3n) is 3.61. The molecule has 5 nitrogen and oxygen atoms in total. The van der Waals surface area contributed by atoms with Gasteiger partial charge in [-0.05, 0) is 49.4 Å². The quantitative estimate of drug-likeness (QED) is 0.468. The predicted molar refractivity (Wildman–Crippen MR) is 119 cm³/mol. The highest BCUT2D eigenvalue weighted by Gasteiger charge is 2.08. The second-order valence-electron chi connectivity index (χ2n) is 5.93. The van der Waals surface area contributed by atoms with Gasteiger partial charge in [-0.25, -0.2) is 4.98 Å². The van der Waals surface area contributed by atoms with Crippen molar-refractivity contribution in [3.05, 3.63) is 76.1 Å². The monoisotopic (exact) mass is 422 g/mol. The molecule has 29 heavy (non-hydrogen) atoms. The van der Waals surface area contributed by atoms with Gasteiger partial charge >= 0.3 is 0 Å². The van der Waals surface area contributed by atoms with Gasteiger partial charge in [0.05, 0.1) is 30.5 Å². The van der Waals surface area contributed by atoms with Crippen LogP contribution in [0.1, 0.15) is 65.5 Å². The number of rotatable bonds is 9. The number of nitrogens with zero attached hydrogens (tertiary/aromatic N) is 1. The molecule has 152 valence electrons. The van der Waals surface area contributed by atoms with E-state index in [1.807, 2.05) is 0 Å². The number of aromatic nitrogens is 1. The molecule has 0 aliphatic rings. The molecule has 0 fully saturated rings. The first-order chi connectivity index (χ1) is 19.2. The smallest absolute Gasteiger partial charge is 0.230 e. The van der Waals surface area contributed by atoms with Crippen LogP contribution in [-0.2, 0) is 17.6 Å². The fourth-order valence-electron chi connectivity index (χ4n) is 2.29. The van der Waals surface area contributed by atoms with Crippen molar-refractivity contribution in [2.75, 3.05) is 11.1 Å². The Balaban J connectivity index is 1.83. The fraction of sp³-hybridized carbons (Fsp3) is 0.304. The Labute approximate surface area is 193 Å². The summed E-state index contributed by atoms with van der Waals surface area (Å²) in [5.74, 6) is -1.39. The van der Waals surface area contributed by atoms with Gasteiger partial charge in [0.15, 0.2) is 5.13 Å². The molecule has 4 N–H and O–H groups in total. The standard InChI is InChI=1S/C23H27N3O2S/c1-16-5-4-7-18(13-16)21(27)8-3-2-6-17-9-11-19(12-10-17)25-22(28)14-20-15-29-23(24)26-20/h4-5,7,9-13,15,21,27H,2-3,6,8,14H2,1H3,(H2,24,26)(H,25,28)/t21-/m0/s1/i4D,5D,7D,8D2,9D,10D,11D,12D,13D,14D2,15D. The highest BCUT2D eigenvalue weighted by Crippen LogP contribution is 2.21. The summed E-state index contributed by atoms with van der Waals surface area (Å²) in [6.07, 6.45) is -7.98. The first kappa shape index (κ1) is 9.87. The van der Waals surface area contributed by atoms with Crippen LogP contribution in [0.5, 0.6) is 0 Å². The van der Waals surface area contributed by atoms with Crippen LogP contribution in [0.2, 0.25) is 0 Å². The number of anilines is 2. The van der Waals surface area contributed by atoms with Crippen molar-refractivity contribution in [3.8, 4) is 0 Å². The lowest BCUT2D eigenvalue weighted by Crippen LogP contribution is -2.14. The first-order valence-corrected chi connectivity index (χ1v) is 9.46. The predicted octanol–water partition coefficient (Wildman–Crippen LogP) is 4.66. The minimum atomic E-state index is -2.88. The van der Waals surface area contributed by atoms with Gasteiger partial charge in [-0.1, -0.05) is 48.2 Å². The molecule has 0 radical (unpaired) electrons. The zero-order valence-electron chi connectivity index (χ0n) is 28.5. The molecule has 3 rings (SSSR count). The Morgan fingerprint density at radius 2 is 2.10 bits per heavy atom. The average molecular weight is 423 g/mol. The van der Waals surface area contributed by atoms with E-state index in [2.05, 4.69) is 10.3 Å².